The van der Waals surface area contributed by atoms with Crippen LogP contribution >= 0.6 is 11.6 Å². The normalized spacial score (nSPS) is 17.2. The number of aliphatic hydroxyl groups is 1. The summed E-state index contributed by atoms with van der Waals surface area (Å²) < 4.78 is 47.5. The summed E-state index contributed by atoms with van der Waals surface area (Å²) in [5.74, 6) is 0.846. The van der Waals surface area contributed by atoms with Crippen LogP contribution in [0.2, 0.25) is 5.02 Å². The van der Waals surface area contributed by atoms with E-state index in [0.29, 0.717) is 35.3 Å². The molecule has 2 rings (SSSR count). The SMILES string of the molecule is CC(CC(F)(F)F)NCC(O)c1cc(Cl)c2c(c1)OCCO2. The van der Waals surface area contributed by atoms with Gasteiger partial charge in [0.25, 0.3) is 0 Å². The van der Waals surface area contributed by atoms with E-state index in [0.717, 1.165) is 0 Å². The number of alkyl halides is 3. The van der Waals surface area contributed by atoms with Crippen molar-refractivity contribution in [2.75, 3.05) is 19.8 Å². The Balaban J connectivity index is 1.98. The Labute approximate surface area is 131 Å². The van der Waals surface area contributed by atoms with Gasteiger partial charge in [0.15, 0.2) is 11.5 Å². The van der Waals surface area contributed by atoms with Gasteiger partial charge < -0.3 is 19.9 Å². The zero-order chi connectivity index (χ0) is 16.3. The summed E-state index contributed by atoms with van der Waals surface area (Å²) in [7, 11) is 0. The van der Waals surface area contributed by atoms with Crippen LogP contribution in [0.15, 0.2) is 12.1 Å². The Hall–Kier alpha value is -1.18. The maximum absolute atomic E-state index is 12.2. The maximum atomic E-state index is 12.2. The van der Waals surface area contributed by atoms with Crippen molar-refractivity contribution >= 4 is 11.6 Å². The van der Waals surface area contributed by atoms with Gasteiger partial charge in [0.1, 0.15) is 13.2 Å². The minimum atomic E-state index is -4.24. The Kier molecular flexibility index (Phi) is 5.41. The second-order valence-electron chi connectivity index (χ2n) is 5.17. The highest BCUT2D eigenvalue weighted by molar-refractivity contribution is 6.32. The molecule has 2 N–H and O–H groups in total. The van der Waals surface area contributed by atoms with Crippen LogP contribution in [0.25, 0.3) is 0 Å². The van der Waals surface area contributed by atoms with Gasteiger partial charge in [-0.25, -0.2) is 0 Å². The Morgan fingerprint density at radius 3 is 2.68 bits per heavy atom. The number of ether oxygens (including phenoxy) is 2. The monoisotopic (exact) mass is 339 g/mol. The molecule has 1 aromatic rings. The molecule has 0 fully saturated rings. The number of fused-ring (bicyclic) bond motifs is 1. The summed E-state index contributed by atoms with van der Waals surface area (Å²) in [5.41, 5.74) is 0.459. The molecule has 124 valence electrons. The molecular formula is C14H17ClF3NO3. The first-order valence-corrected chi connectivity index (χ1v) is 7.21. The molecule has 0 saturated carbocycles. The summed E-state index contributed by atoms with van der Waals surface area (Å²) in [6.45, 7) is 2.17. The summed E-state index contributed by atoms with van der Waals surface area (Å²) in [6, 6.07) is 2.32. The molecule has 0 aliphatic carbocycles. The van der Waals surface area contributed by atoms with Crippen molar-refractivity contribution in [3.05, 3.63) is 22.7 Å². The molecule has 0 aromatic heterocycles. The quantitative estimate of drug-likeness (QED) is 0.865. The van der Waals surface area contributed by atoms with E-state index in [9.17, 15) is 18.3 Å². The number of benzene rings is 1. The topological polar surface area (TPSA) is 50.7 Å². The van der Waals surface area contributed by atoms with E-state index in [2.05, 4.69) is 5.32 Å². The average molecular weight is 340 g/mol. The lowest BCUT2D eigenvalue weighted by Crippen LogP contribution is -2.34. The fourth-order valence-corrected chi connectivity index (χ4v) is 2.45. The maximum Gasteiger partial charge on any atom is 0.390 e. The second-order valence-corrected chi connectivity index (χ2v) is 5.58. The first-order valence-electron chi connectivity index (χ1n) is 6.83. The predicted octanol–water partition coefficient (Wildman–Crippen LogP) is 3.08. The van der Waals surface area contributed by atoms with Crippen LogP contribution in [0.4, 0.5) is 13.2 Å². The summed E-state index contributed by atoms with van der Waals surface area (Å²) in [6.07, 6.45) is -6.19. The number of hydrogen-bond donors (Lipinski definition) is 2. The minimum Gasteiger partial charge on any atom is -0.486 e. The molecule has 2 atom stereocenters. The van der Waals surface area contributed by atoms with E-state index < -0.39 is 24.7 Å². The molecule has 0 radical (unpaired) electrons. The highest BCUT2D eigenvalue weighted by Crippen LogP contribution is 2.39. The smallest absolute Gasteiger partial charge is 0.390 e. The van der Waals surface area contributed by atoms with Gasteiger partial charge in [-0.05, 0) is 24.6 Å². The van der Waals surface area contributed by atoms with Crippen molar-refractivity contribution in [3.8, 4) is 11.5 Å². The number of aliphatic hydroxyl groups excluding tert-OH is 1. The fourth-order valence-electron chi connectivity index (χ4n) is 2.17. The molecule has 2 unspecified atom stereocenters. The third-order valence-corrected chi connectivity index (χ3v) is 3.48. The van der Waals surface area contributed by atoms with Gasteiger partial charge >= 0.3 is 6.18 Å². The van der Waals surface area contributed by atoms with Crippen LogP contribution in [-0.2, 0) is 0 Å². The van der Waals surface area contributed by atoms with Crippen molar-refractivity contribution in [1.82, 2.24) is 5.32 Å². The number of hydrogen-bond acceptors (Lipinski definition) is 4. The van der Waals surface area contributed by atoms with E-state index >= 15 is 0 Å². The molecule has 0 spiro atoms. The largest absolute Gasteiger partial charge is 0.486 e. The molecule has 0 saturated heterocycles. The lowest BCUT2D eigenvalue weighted by atomic mass is 10.1. The molecule has 1 aliphatic rings. The second kappa shape index (κ2) is 6.93. The summed E-state index contributed by atoms with van der Waals surface area (Å²) >= 11 is 6.06. The van der Waals surface area contributed by atoms with Crippen molar-refractivity contribution in [1.29, 1.82) is 0 Å². The van der Waals surface area contributed by atoms with Gasteiger partial charge in [-0.15, -0.1) is 0 Å². The first-order chi connectivity index (χ1) is 10.3. The van der Waals surface area contributed by atoms with Crippen molar-refractivity contribution < 1.29 is 27.8 Å². The molecule has 8 heteroatoms. The van der Waals surface area contributed by atoms with E-state index in [1.165, 1.54) is 13.0 Å². The van der Waals surface area contributed by atoms with E-state index in [4.69, 9.17) is 21.1 Å². The third kappa shape index (κ3) is 4.66. The molecule has 1 aromatic carbocycles. The third-order valence-electron chi connectivity index (χ3n) is 3.20. The zero-order valence-corrected chi connectivity index (χ0v) is 12.7. The lowest BCUT2D eigenvalue weighted by molar-refractivity contribution is -0.139. The zero-order valence-electron chi connectivity index (χ0n) is 11.9. The summed E-state index contributed by atoms with van der Waals surface area (Å²) in [4.78, 5) is 0. The van der Waals surface area contributed by atoms with Crippen LogP contribution in [0.3, 0.4) is 0 Å². The van der Waals surface area contributed by atoms with Crippen LogP contribution in [0.1, 0.15) is 25.0 Å². The number of nitrogens with one attached hydrogen (secondary N) is 1. The van der Waals surface area contributed by atoms with Gasteiger partial charge in [-0.1, -0.05) is 11.6 Å². The standard InChI is InChI=1S/C14H17ClF3NO3/c1-8(6-14(16,17)18)19-7-11(20)9-4-10(15)13-12(5-9)21-2-3-22-13/h4-5,8,11,19-20H,2-3,6-7H2,1H3. The van der Waals surface area contributed by atoms with Crippen LogP contribution in [0, 0.1) is 0 Å². The van der Waals surface area contributed by atoms with Crippen molar-refractivity contribution in [3.63, 3.8) is 0 Å². The van der Waals surface area contributed by atoms with Gasteiger partial charge in [0, 0.05) is 12.6 Å². The van der Waals surface area contributed by atoms with Gasteiger partial charge in [0.05, 0.1) is 17.5 Å². The van der Waals surface area contributed by atoms with Gasteiger partial charge in [-0.3, -0.25) is 0 Å². The molecule has 22 heavy (non-hydrogen) atoms. The van der Waals surface area contributed by atoms with Gasteiger partial charge in [-0.2, -0.15) is 13.2 Å². The van der Waals surface area contributed by atoms with Crippen LogP contribution in [0.5, 0.6) is 11.5 Å². The molecule has 0 bridgehead atoms. The number of rotatable bonds is 5. The van der Waals surface area contributed by atoms with Crippen molar-refractivity contribution in [2.24, 2.45) is 0 Å². The highest BCUT2D eigenvalue weighted by Gasteiger charge is 2.30. The molecule has 1 aliphatic heterocycles. The first kappa shape index (κ1) is 17.2. The molecule has 4 nitrogen and oxygen atoms in total. The molecular weight excluding hydrogens is 323 g/mol. The van der Waals surface area contributed by atoms with E-state index in [1.54, 1.807) is 6.07 Å². The van der Waals surface area contributed by atoms with Crippen LogP contribution in [-0.4, -0.2) is 37.1 Å². The molecule has 1 heterocycles. The average Bonchev–Trinajstić information content (AvgIpc) is 2.43. The van der Waals surface area contributed by atoms with E-state index in [1.807, 2.05) is 0 Å². The fraction of sp³-hybridized carbons (Fsp3) is 0.571. The predicted molar refractivity (Wildman–Crippen MR) is 75.5 cm³/mol. The van der Waals surface area contributed by atoms with Crippen LogP contribution < -0.4 is 14.8 Å². The Bertz CT molecular complexity index is 525. The summed E-state index contributed by atoms with van der Waals surface area (Å²) in [5, 5.41) is 13.0. The van der Waals surface area contributed by atoms with E-state index in [-0.39, 0.29) is 6.54 Å². The highest BCUT2D eigenvalue weighted by atomic mass is 35.5. The lowest BCUT2D eigenvalue weighted by Gasteiger charge is -2.22. The molecule has 0 amide bonds. The van der Waals surface area contributed by atoms with Crippen molar-refractivity contribution in [2.45, 2.75) is 31.7 Å². The Morgan fingerprint density at radius 2 is 2.00 bits per heavy atom. The minimum absolute atomic E-state index is 0.0206. The Morgan fingerprint density at radius 1 is 1.32 bits per heavy atom. The van der Waals surface area contributed by atoms with Gasteiger partial charge in [0.2, 0.25) is 0 Å². The number of halogens is 4.